The molecule has 0 radical (unpaired) electrons. The lowest BCUT2D eigenvalue weighted by molar-refractivity contribution is 0.0528. The fourth-order valence-electron chi connectivity index (χ4n) is 2.48. The number of rotatable bonds is 7. The van der Waals surface area contributed by atoms with Crippen molar-refractivity contribution in [3.05, 3.63) is 59.2 Å². The molecule has 1 atom stereocenters. The van der Waals surface area contributed by atoms with Gasteiger partial charge in [0, 0.05) is 30.3 Å². The van der Waals surface area contributed by atoms with Crippen molar-refractivity contribution >= 4 is 0 Å². The molecule has 2 aromatic carbocycles. The fourth-order valence-corrected chi connectivity index (χ4v) is 2.48. The topological polar surface area (TPSA) is 50.7 Å². The van der Waals surface area contributed by atoms with Crippen LogP contribution in [0.5, 0.6) is 11.5 Å². The summed E-state index contributed by atoms with van der Waals surface area (Å²) < 4.78 is 37.3. The molecule has 0 aliphatic rings. The summed E-state index contributed by atoms with van der Waals surface area (Å²) in [6.07, 6.45) is 0. The number of benzene rings is 2. The third-order valence-corrected chi connectivity index (χ3v) is 3.78. The van der Waals surface area contributed by atoms with E-state index in [2.05, 4.69) is 5.32 Å². The Morgan fingerprint density at radius 3 is 2.46 bits per heavy atom. The summed E-state index contributed by atoms with van der Waals surface area (Å²) in [4.78, 5) is 0. The Bertz CT molecular complexity index is 705. The molecule has 0 aliphatic heterocycles. The summed E-state index contributed by atoms with van der Waals surface area (Å²) in [7, 11) is 3.14. The molecular formula is C18H21F2NO3. The van der Waals surface area contributed by atoms with E-state index >= 15 is 0 Å². The van der Waals surface area contributed by atoms with Gasteiger partial charge in [-0.1, -0.05) is 6.07 Å². The number of hydrogen-bond acceptors (Lipinski definition) is 4. The second-order valence-corrected chi connectivity index (χ2v) is 5.68. The van der Waals surface area contributed by atoms with E-state index < -0.39 is 17.2 Å². The number of hydrogen-bond donors (Lipinski definition) is 2. The van der Waals surface area contributed by atoms with Gasteiger partial charge in [-0.3, -0.25) is 0 Å². The molecule has 2 aromatic rings. The quantitative estimate of drug-likeness (QED) is 0.816. The lowest BCUT2D eigenvalue weighted by atomic mass is 9.95. The predicted octanol–water partition coefficient (Wildman–Crippen LogP) is 2.98. The van der Waals surface area contributed by atoms with E-state index in [1.807, 2.05) is 6.07 Å². The Morgan fingerprint density at radius 1 is 1.08 bits per heavy atom. The van der Waals surface area contributed by atoms with Gasteiger partial charge in [0.2, 0.25) is 0 Å². The van der Waals surface area contributed by atoms with Crippen molar-refractivity contribution < 1.29 is 23.4 Å². The lowest BCUT2D eigenvalue weighted by Crippen LogP contribution is -2.36. The third-order valence-electron chi connectivity index (χ3n) is 3.78. The first-order chi connectivity index (χ1) is 11.4. The molecule has 0 aliphatic carbocycles. The molecule has 130 valence electrons. The van der Waals surface area contributed by atoms with Gasteiger partial charge >= 0.3 is 0 Å². The summed E-state index contributed by atoms with van der Waals surface area (Å²) in [5, 5.41) is 13.5. The zero-order chi connectivity index (χ0) is 17.7. The highest BCUT2D eigenvalue weighted by Crippen LogP contribution is 2.26. The van der Waals surface area contributed by atoms with E-state index in [-0.39, 0.29) is 12.1 Å². The molecule has 0 saturated heterocycles. The van der Waals surface area contributed by atoms with Gasteiger partial charge in [0.25, 0.3) is 0 Å². The average Bonchev–Trinajstić information content (AvgIpc) is 2.54. The Balaban J connectivity index is 2.07. The Morgan fingerprint density at radius 2 is 1.83 bits per heavy atom. The first kappa shape index (κ1) is 18.2. The van der Waals surface area contributed by atoms with Gasteiger partial charge < -0.3 is 19.9 Å². The van der Waals surface area contributed by atoms with Crippen molar-refractivity contribution in [1.29, 1.82) is 0 Å². The zero-order valence-electron chi connectivity index (χ0n) is 13.9. The van der Waals surface area contributed by atoms with Crippen molar-refractivity contribution in [1.82, 2.24) is 5.32 Å². The summed E-state index contributed by atoms with van der Waals surface area (Å²) in [6.45, 7) is 1.94. The highest BCUT2D eigenvalue weighted by atomic mass is 19.1. The molecule has 0 spiro atoms. The van der Waals surface area contributed by atoms with E-state index in [1.54, 1.807) is 26.4 Å². The highest BCUT2D eigenvalue weighted by molar-refractivity contribution is 5.40. The molecule has 6 heteroatoms. The molecule has 0 saturated carbocycles. The van der Waals surface area contributed by atoms with Gasteiger partial charge in [-0.25, -0.2) is 8.78 Å². The van der Waals surface area contributed by atoms with E-state index in [0.29, 0.717) is 18.0 Å². The maximum atomic E-state index is 13.8. The van der Waals surface area contributed by atoms with Crippen LogP contribution in [-0.2, 0) is 12.1 Å². The summed E-state index contributed by atoms with van der Waals surface area (Å²) >= 11 is 0. The van der Waals surface area contributed by atoms with Crippen LogP contribution < -0.4 is 14.8 Å². The molecule has 1 unspecified atom stereocenters. The second-order valence-electron chi connectivity index (χ2n) is 5.68. The minimum atomic E-state index is -1.48. The van der Waals surface area contributed by atoms with Crippen molar-refractivity contribution in [2.75, 3.05) is 20.8 Å². The molecule has 24 heavy (non-hydrogen) atoms. The Kier molecular flexibility index (Phi) is 5.75. The summed E-state index contributed by atoms with van der Waals surface area (Å²) in [6, 6.07) is 8.52. The van der Waals surface area contributed by atoms with Gasteiger partial charge in [0.1, 0.15) is 28.7 Å². The van der Waals surface area contributed by atoms with E-state index in [4.69, 9.17) is 9.47 Å². The predicted molar refractivity (Wildman–Crippen MR) is 87.2 cm³/mol. The molecule has 4 nitrogen and oxygen atoms in total. The van der Waals surface area contributed by atoms with E-state index in [1.165, 1.54) is 13.0 Å². The third kappa shape index (κ3) is 4.21. The fraction of sp³-hybridized carbons (Fsp3) is 0.333. The zero-order valence-corrected chi connectivity index (χ0v) is 13.9. The van der Waals surface area contributed by atoms with Crippen LogP contribution in [0.1, 0.15) is 18.1 Å². The number of aliphatic hydroxyl groups is 1. The average molecular weight is 337 g/mol. The van der Waals surface area contributed by atoms with Gasteiger partial charge in [0.05, 0.1) is 14.2 Å². The highest BCUT2D eigenvalue weighted by Gasteiger charge is 2.26. The number of nitrogens with one attached hydrogen (secondary N) is 1. The first-order valence-electron chi connectivity index (χ1n) is 7.47. The maximum Gasteiger partial charge on any atom is 0.132 e. The van der Waals surface area contributed by atoms with Crippen LogP contribution in [0.25, 0.3) is 0 Å². The molecule has 0 bridgehead atoms. The van der Waals surface area contributed by atoms with Crippen molar-refractivity contribution in [3.63, 3.8) is 0 Å². The second kappa shape index (κ2) is 7.59. The molecule has 0 heterocycles. The largest absolute Gasteiger partial charge is 0.497 e. The van der Waals surface area contributed by atoms with Gasteiger partial charge in [-0.05, 0) is 31.2 Å². The van der Waals surface area contributed by atoms with Crippen LogP contribution in [-0.4, -0.2) is 25.9 Å². The molecule has 0 aromatic heterocycles. The molecule has 2 N–H and O–H groups in total. The molecule has 0 fully saturated rings. The maximum absolute atomic E-state index is 13.8. The minimum Gasteiger partial charge on any atom is -0.497 e. The summed E-state index contributed by atoms with van der Waals surface area (Å²) in [5.41, 5.74) is -0.606. The van der Waals surface area contributed by atoms with E-state index in [9.17, 15) is 13.9 Å². The van der Waals surface area contributed by atoms with Crippen LogP contribution in [0.15, 0.2) is 36.4 Å². The summed E-state index contributed by atoms with van der Waals surface area (Å²) in [5.74, 6) is -0.0956. The smallest absolute Gasteiger partial charge is 0.132 e. The van der Waals surface area contributed by atoms with Gasteiger partial charge in [0.15, 0.2) is 0 Å². The standard InChI is InChI=1S/C18H21F2NO3/c1-18(22,15-6-4-13(19)9-16(15)20)11-21-10-12-8-14(23-2)5-7-17(12)24-3/h4-9,21-22H,10-11H2,1-3H3. The normalized spacial score (nSPS) is 13.4. The van der Waals surface area contributed by atoms with E-state index in [0.717, 1.165) is 17.7 Å². The monoisotopic (exact) mass is 337 g/mol. The minimum absolute atomic E-state index is 0.0361. The van der Waals surface area contributed by atoms with Crippen LogP contribution in [0.2, 0.25) is 0 Å². The van der Waals surface area contributed by atoms with Crippen LogP contribution in [0.4, 0.5) is 8.78 Å². The molecule has 0 amide bonds. The van der Waals surface area contributed by atoms with Crippen molar-refractivity contribution in [3.8, 4) is 11.5 Å². The van der Waals surface area contributed by atoms with Crippen molar-refractivity contribution in [2.45, 2.75) is 19.1 Å². The number of ether oxygens (including phenoxy) is 2. The Labute approximate surface area is 140 Å². The first-order valence-corrected chi connectivity index (χ1v) is 7.47. The molecule has 2 rings (SSSR count). The SMILES string of the molecule is COc1ccc(OC)c(CNCC(C)(O)c2ccc(F)cc2F)c1. The van der Waals surface area contributed by atoms with Crippen LogP contribution in [0, 0.1) is 11.6 Å². The van der Waals surface area contributed by atoms with Crippen LogP contribution in [0.3, 0.4) is 0 Å². The van der Waals surface area contributed by atoms with Gasteiger partial charge in [-0.2, -0.15) is 0 Å². The Hall–Kier alpha value is -2.18. The lowest BCUT2D eigenvalue weighted by Gasteiger charge is -2.25. The molecular weight excluding hydrogens is 316 g/mol. The van der Waals surface area contributed by atoms with Gasteiger partial charge in [-0.15, -0.1) is 0 Å². The number of halogens is 2. The van der Waals surface area contributed by atoms with Crippen molar-refractivity contribution in [2.24, 2.45) is 0 Å². The number of methoxy groups -OCH3 is 2. The van der Waals surface area contributed by atoms with Crippen LogP contribution >= 0.6 is 0 Å².